The van der Waals surface area contributed by atoms with Crippen molar-refractivity contribution < 1.29 is 23.8 Å². The number of aromatic nitrogens is 1. The van der Waals surface area contributed by atoms with Crippen molar-refractivity contribution in [1.82, 2.24) is 10.3 Å². The molecule has 8 heteroatoms. The Bertz CT molecular complexity index is 573. The molecule has 2 amide bonds. The van der Waals surface area contributed by atoms with Crippen LogP contribution in [0.15, 0.2) is 18.3 Å². The molecule has 1 aromatic rings. The minimum Gasteiger partial charge on any atom is -0.475 e. The molecule has 0 aliphatic carbocycles. The van der Waals surface area contributed by atoms with Gasteiger partial charge in [-0.15, -0.1) is 0 Å². The lowest BCUT2D eigenvalue weighted by Crippen LogP contribution is -2.49. The van der Waals surface area contributed by atoms with Gasteiger partial charge in [-0.25, -0.2) is 4.98 Å². The summed E-state index contributed by atoms with van der Waals surface area (Å²) in [6.45, 7) is 1.75. The first kappa shape index (κ1) is 18.2. The van der Waals surface area contributed by atoms with Gasteiger partial charge in [-0.2, -0.15) is 0 Å². The number of pyridine rings is 1. The van der Waals surface area contributed by atoms with Gasteiger partial charge < -0.3 is 25.3 Å². The van der Waals surface area contributed by atoms with Crippen molar-refractivity contribution in [3.05, 3.63) is 23.9 Å². The number of hydrogen-bond acceptors (Lipinski definition) is 6. The first-order valence-corrected chi connectivity index (χ1v) is 7.82. The fourth-order valence-electron chi connectivity index (χ4n) is 2.52. The summed E-state index contributed by atoms with van der Waals surface area (Å²) in [4.78, 5) is 28.4. The van der Waals surface area contributed by atoms with Gasteiger partial charge in [0.25, 0.3) is 5.91 Å². The number of primary amides is 1. The van der Waals surface area contributed by atoms with Gasteiger partial charge in [0.05, 0.1) is 12.0 Å². The maximum atomic E-state index is 12.5. The van der Waals surface area contributed by atoms with Crippen molar-refractivity contribution in [1.29, 1.82) is 0 Å². The standard InChI is InChI=1S/C16H23N3O5/c1-22-9-10-24-14-12(3-2-6-18-14)13(20)19-11-16(15(17)21)4-7-23-8-5-16/h2-3,6H,4-5,7-11H2,1H3,(H2,17,21)(H,19,20). The fourth-order valence-corrected chi connectivity index (χ4v) is 2.52. The number of nitrogens with zero attached hydrogens (tertiary/aromatic N) is 1. The number of nitrogens with one attached hydrogen (secondary N) is 1. The van der Waals surface area contributed by atoms with Crippen molar-refractivity contribution in [3.8, 4) is 5.88 Å². The summed E-state index contributed by atoms with van der Waals surface area (Å²) >= 11 is 0. The van der Waals surface area contributed by atoms with Gasteiger partial charge >= 0.3 is 0 Å². The van der Waals surface area contributed by atoms with E-state index in [9.17, 15) is 9.59 Å². The Balaban J connectivity index is 2.02. The largest absolute Gasteiger partial charge is 0.475 e. The molecule has 1 fully saturated rings. The molecule has 0 radical (unpaired) electrons. The molecule has 8 nitrogen and oxygen atoms in total. The van der Waals surface area contributed by atoms with Crippen LogP contribution in [0.25, 0.3) is 0 Å². The second-order valence-corrected chi connectivity index (χ2v) is 5.64. The summed E-state index contributed by atoms with van der Waals surface area (Å²) < 4.78 is 15.6. The number of carbonyl (C=O) groups excluding carboxylic acids is 2. The highest BCUT2D eigenvalue weighted by molar-refractivity contribution is 5.96. The Kier molecular flexibility index (Phi) is 6.51. The third-order valence-electron chi connectivity index (χ3n) is 4.10. The van der Waals surface area contributed by atoms with Gasteiger partial charge in [-0.05, 0) is 25.0 Å². The summed E-state index contributed by atoms with van der Waals surface area (Å²) in [5.74, 6) is -0.552. The van der Waals surface area contributed by atoms with Gasteiger partial charge in [-0.1, -0.05) is 0 Å². The van der Waals surface area contributed by atoms with Crippen LogP contribution < -0.4 is 15.8 Å². The van der Waals surface area contributed by atoms with Crippen LogP contribution in [0, 0.1) is 5.41 Å². The van der Waals surface area contributed by atoms with E-state index in [1.807, 2.05) is 0 Å². The van der Waals surface area contributed by atoms with E-state index in [0.29, 0.717) is 38.2 Å². The number of ether oxygens (including phenoxy) is 3. The third-order valence-corrected chi connectivity index (χ3v) is 4.10. The second kappa shape index (κ2) is 8.60. The molecule has 1 aliphatic rings. The Labute approximate surface area is 140 Å². The summed E-state index contributed by atoms with van der Waals surface area (Å²) in [6.07, 6.45) is 2.53. The lowest BCUT2D eigenvalue weighted by atomic mass is 9.79. The molecule has 1 aromatic heterocycles. The van der Waals surface area contributed by atoms with E-state index >= 15 is 0 Å². The first-order chi connectivity index (χ1) is 11.6. The Morgan fingerprint density at radius 1 is 1.38 bits per heavy atom. The number of hydrogen-bond donors (Lipinski definition) is 2. The molecule has 0 aromatic carbocycles. The average Bonchev–Trinajstić information content (AvgIpc) is 2.61. The molecule has 3 N–H and O–H groups in total. The van der Waals surface area contributed by atoms with Crippen LogP contribution >= 0.6 is 0 Å². The number of nitrogens with two attached hydrogens (primary N) is 1. The predicted octanol–water partition coefficient (Wildman–Crippen LogP) is 0.119. The van der Waals surface area contributed by atoms with Gasteiger partial charge in [0.1, 0.15) is 12.2 Å². The Morgan fingerprint density at radius 2 is 2.12 bits per heavy atom. The minimum atomic E-state index is -0.771. The van der Waals surface area contributed by atoms with Crippen LogP contribution in [0.3, 0.4) is 0 Å². The average molecular weight is 337 g/mol. The molecule has 0 saturated carbocycles. The monoisotopic (exact) mass is 337 g/mol. The van der Waals surface area contributed by atoms with E-state index in [1.165, 1.54) is 0 Å². The zero-order chi connectivity index (χ0) is 17.4. The molecule has 0 bridgehead atoms. The van der Waals surface area contributed by atoms with Crippen LogP contribution in [0.2, 0.25) is 0 Å². The van der Waals surface area contributed by atoms with Crippen LogP contribution in [-0.4, -0.2) is 56.9 Å². The molecule has 2 heterocycles. The number of amides is 2. The van der Waals surface area contributed by atoms with Crippen molar-refractivity contribution in [2.75, 3.05) is 40.1 Å². The van der Waals surface area contributed by atoms with Crippen LogP contribution in [0.4, 0.5) is 0 Å². The van der Waals surface area contributed by atoms with E-state index in [2.05, 4.69) is 10.3 Å². The lowest BCUT2D eigenvalue weighted by molar-refractivity contribution is -0.132. The molecule has 0 atom stereocenters. The molecule has 0 spiro atoms. The van der Waals surface area contributed by atoms with E-state index in [1.54, 1.807) is 25.4 Å². The number of methoxy groups -OCH3 is 1. The Hall–Kier alpha value is -2.19. The van der Waals surface area contributed by atoms with Crippen LogP contribution in [0.1, 0.15) is 23.2 Å². The van der Waals surface area contributed by atoms with Crippen molar-refractivity contribution >= 4 is 11.8 Å². The maximum absolute atomic E-state index is 12.5. The van der Waals surface area contributed by atoms with E-state index in [0.717, 1.165) is 0 Å². The molecule has 1 saturated heterocycles. The van der Waals surface area contributed by atoms with Crippen LogP contribution in [-0.2, 0) is 14.3 Å². The fraction of sp³-hybridized carbons (Fsp3) is 0.562. The second-order valence-electron chi connectivity index (χ2n) is 5.64. The normalized spacial score (nSPS) is 16.4. The van der Waals surface area contributed by atoms with Gasteiger partial charge in [-0.3, -0.25) is 9.59 Å². The SMILES string of the molecule is COCCOc1ncccc1C(=O)NCC1(C(N)=O)CCOCC1. The van der Waals surface area contributed by atoms with Crippen LogP contribution in [0.5, 0.6) is 5.88 Å². The first-order valence-electron chi connectivity index (χ1n) is 7.82. The summed E-state index contributed by atoms with van der Waals surface area (Å²) in [5.41, 5.74) is 5.08. The quantitative estimate of drug-likeness (QED) is 0.652. The molecular formula is C16H23N3O5. The van der Waals surface area contributed by atoms with Crippen molar-refractivity contribution in [2.45, 2.75) is 12.8 Å². The zero-order valence-corrected chi connectivity index (χ0v) is 13.7. The smallest absolute Gasteiger partial charge is 0.256 e. The van der Waals surface area contributed by atoms with Crippen molar-refractivity contribution in [2.24, 2.45) is 11.1 Å². The van der Waals surface area contributed by atoms with E-state index in [4.69, 9.17) is 19.9 Å². The molecular weight excluding hydrogens is 314 g/mol. The molecule has 2 rings (SSSR count). The van der Waals surface area contributed by atoms with Gasteiger partial charge in [0, 0.05) is 33.1 Å². The highest BCUT2D eigenvalue weighted by atomic mass is 16.5. The highest BCUT2D eigenvalue weighted by Crippen LogP contribution is 2.29. The summed E-state index contributed by atoms with van der Waals surface area (Å²) in [6, 6.07) is 3.27. The third kappa shape index (κ3) is 4.42. The van der Waals surface area contributed by atoms with Crippen molar-refractivity contribution in [3.63, 3.8) is 0 Å². The predicted molar refractivity (Wildman–Crippen MR) is 85.6 cm³/mol. The topological polar surface area (TPSA) is 113 Å². The molecule has 1 aliphatic heterocycles. The zero-order valence-electron chi connectivity index (χ0n) is 13.7. The van der Waals surface area contributed by atoms with Gasteiger partial charge in [0.2, 0.25) is 11.8 Å². The lowest BCUT2D eigenvalue weighted by Gasteiger charge is -2.34. The van der Waals surface area contributed by atoms with Gasteiger partial charge in [0.15, 0.2) is 0 Å². The summed E-state index contributed by atoms with van der Waals surface area (Å²) in [5, 5.41) is 2.78. The summed E-state index contributed by atoms with van der Waals surface area (Å²) in [7, 11) is 1.56. The molecule has 132 valence electrons. The molecule has 24 heavy (non-hydrogen) atoms. The molecule has 0 unspecified atom stereocenters. The number of rotatable bonds is 8. The van der Waals surface area contributed by atoms with E-state index < -0.39 is 11.3 Å². The highest BCUT2D eigenvalue weighted by Gasteiger charge is 2.38. The number of carbonyl (C=O) groups is 2. The minimum absolute atomic E-state index is 0.164. The maximum Gasteiger partial charge on any atom is 0.256 e. The van der Waals surface area contributed by atoms with E-state index in [-0.39, 0.29) is 24.9 Å². The Morgan fingerprint density at radius 3 is 2.79 bits per heavy atom.